The zero-order valence-corrected chi connectivity index (χ0v) is 35.1. The molecule has 0 saturated heterocycles. The highest BCUT2D eigenvalue weighted by molar-refractivity contribution is 5.70. The van der Waals surface area contributed by atoms with Crippen LogP contribution in [0.3, 0.4) is 0 Å². The smallest absolute Gasteiger partial charge is 0.306 e. The number of nitrogens with zero attached hydrogens (tertiary/aromatic N) is 1. The monoisotopic (exact) mass is 758 g/mol. The Labute approximate surface area is 330 Å². The molecule has 54 heavy (non-hydrogen) atoms. The highest BCUT2D eigenvalue weighted by atomic mass is 16.6. The first-order valence-corrected chi connectivity index (χ1v) is 21.3. The van der Waals surface area contributed by atoms with Crippen LogP contribution in [0, 0.1) is 0 Å². The summed E-state index contributed by atoms with van der Waals surface area (Å²) in [6.45, 7) is 4.46. The van der Waals surface area contributed by atoms with Gasteiger partial charge in [-0.1, -0.05) is 139 Å². The summed E-state index contributed by atoms with van der Waals surface area (Å²) in [7, 11) is 5.39. The first kappa shape index (κ1) is 51.0. The van der Waals surface area contributed by atoms with Crippen molar-refractivity contribution in [1.82, 2.24) is 0 Å². The molecule has 0 fully saturated rings. The average molecular weight is 758 g/mol. The highest BCUT2D eigenvalue weighted by Gasteiger charge is 2.25. The molecular weight excluding hydrogens is 679 g/mol. The van der Waals surface area contributed by atoms with Crippen LogP contribution < -0.4 is 5.11 Å². The molecule has 0 aliphatic heterocycles. The number of aliphatic carboxylic acids is 1. The quantitative estimate of drug-likeness (QED) is 0.0204. The number of carbonyl (C=O) groups excluding carboxylic acids is 3. The van der Waals surface area contributed by atoms with Crippen molar-refractivity contribution in [1.29, 1.82) is 0 Å². The summed E-state index contributed by atoms with van der Waals surface area (Å²) in [6.07, 6.45) is 43.8. The molecule has 0 aliphatic rings. The van der Waals surface area contributed by atoms with E-state index >= 15 is 0 Å². The molecule has 0 saturated carbocycles. The number of quaternary nitrogens is 1. The minimum Gasteiger partial charge on any atom is -0.544 e. The molecule has 0 aromatic rings. The number of carboxylic acid groups (broad SMARTS) is 1. The first-order valence-electron chi connectivity index (χ1n) is 21.3. The third-order valence-corrected chi connectivity index (χ3v) is 9.20. The van der Waals surface area contributed by atoms with E-state index in [1.807, 2.05) is 12.2 Å². The summed E-state index contributed by atoms with van der Waals surface area (Å²) in [5.41, 5.74) is 0. The van der Waals surface area contributed by atoms with E-state index in [0.29, 0.717) is 12.8 Å². The second-order valence-electron chi connectivity index (χ2n) is 15.3. The summed E-state index contributed by atoms with van der Waals surface area (Å²) in [4.78, 5) is 36.8. The maximum Gasteiger partial charge on any atom is 0.306 e. The van der Waals surface area contributed by atoms with Gasteiger partial charge in [0.2, 0.25) is 0 Å². The molecule has 310 valence electrons. The lowest BCUT2D eigenvalue weighted by Gasteiger charge is -2.34. The van der Waals surface area contributed by atoms with Crippen LogP contribution in [0.1, 0.15) is 162 Å². The number of hydrogen-bond acceptors (Lipinski definition) is 7. The van der Waals surface area contributed by atoms with Crippen molar-refractivity contribution < 1.29 is 38.2 Å². The lowest BCUT2D eigenvalue weighted by atomic mass is 10.1. The molecule has 0 aromatic heterocycles. The second kappa shape index (κ2) is 37.0. The third kappa shape index (κ3) is 34.8. The maximum atomic E-state index is 12.7. The van der Waals surface area contributed by atoms with E-state index in [2.05, 4.69) is 62.5 Å². The molecule has 0 radical (unpaired) electrons. The van der Waals surface area contributed by atoms with Crippen LogP contribution in [0.25, 0.3) is 0 Å². The van der Waals surface area contributed by atoms with E-state index in [1.54, 1.807) is 21.1 Å². The van der Waals surface area contributed by atoms with Crippen molar-refractivity contribution in [3.05, 3.63) is 60.8 Å². The Bertz CT molecular complexity index is 1070. The van der Waals surface area contributed by atoms with E-state index < -0.39 is 18.1 Å². The van der Waals surface area contributed by atoms with E-state index in [4.69, 9.17) is 14.2 Å². The molecule has 8 nitrogen and oxygen atoms in total. The van der Waals surface area contributed by atoms with Gasteiger partial charge in [-0.05, 0) is 64.2 Å². The Balaban J connectivity index is 4.39. The molecule has 0 N–H and O–H groups in total. The summed E-state index contributed by atoms with van der Waals surface area (Å²) in [5.74, 6) is -1.78. The summed E-state index contributed by atoms with van der Waals surface area (Å²) in [6, 6.07) is -0.732. The van der Waals surface area contributed by atoms with E-state index in [-0.39, 0.29) is 42.7 Å². The molecule has 2 unspecified atom stereocenters. The molecular formula is C46H79NO7. The number of unbranched alkanes of at least 4 members (excludes halogenated alkanes) is 15. The van der Waals surface area contributed by atoms with Crippen molar-refractivity contribution in [2.45, 2.75) is 174 Å². The molecule has 0 rings (SSSR count). The Hall–Kier alpha value is -2.97. The number of carboxylic acids is 1. The predicted molar refractivity (Wildman–Crippen MR) is 222 cm³/mol. The normalized spacial score (nSPS) is 13.6. The Morgan fingerprint density at radius 2 is 1.11 bits per heavy atom. The molecule has 0 bridgehead atoms. The van der Waals surface area contributed by atoms with E-state index in [1.165, 1.54) is 51.4 Å². The fourth-order valence-electron chi connectivity index (χ4n) is 5.86. The Kier molecular flexibility index (Phi) is 34.9. The molecule has 2 atom stereocenters. The average Bonchev–Trinajstić information content (AvgIpc) is 3.12. The largest absolute Gasteiger partial charge is 0.544 e. The van der Waals surface area contributed by atoms with E-state index in [0.717, 1.165) is 77.0 Å². The van der Waals surface area contributed by atoms with Crippen molar-refractivity contribution >= 4 is 17.9 Å². The molecule has 0 aromatic carbocycles. The Morgan fingerprint density at radius 1 is 0.593 bits per heavy atom. The molecule has 0 spiro atoms. The molecule has 0 aliphatic carbocycles. The predicted octanol–water partition coefficient (Wildman–Crippen LogP) is 10.1. The SMILES string of the molecule is CC/C=C/C=C/C=C/CCCCCCCC(=O)OC(COCCC(C(=O)[O-])[N+](C)(C)C)COC(=O)CCCCCCCCC/C=C/C/C=C/CCCCC. The highest BCUT2D eigenvalue weighted by Crippen LogP contribution is 2.13. The lowest BCUT2D eigenvalue weighted by Crippen LogP contribution is -2.55. The summed E-state index contributed by atoms with van der Waals surface area (Å²) < 4.78 is 17.1. The zero-order valence-electron chi connectivity index (χ0n) is 35.1. The zero-order chi connectivity index (χ0) is 40.0. The minimum absolute atomic E-state index is 0.0273. The van der Waals surface area contributed by atoms with Crippen LogP contribution in [-0.4, -0.2) is 75.5 Å². The van der Waals surface area contributed by atoms with Gasteiger partial charge in [-0.25, -0.2) is 0 Å². The maximum absolute atomic E-state index is 12.7. The fraction of sp³-hybridized carbons (Fsp3) is 0.717. The fourth-order valence-corrected chi connectivity index (χ4v) is 5.86. The van der Waals surface area contributed by atoms with Crippen molar-refractivity contribution in [2.24, 2.45) is 0 Å². The van der Waals surface area contributed by atoms with Gasteiger partial charge in [0.1, 0.15) is 12.6 Å². The van der Waals surface area contributed by atoms with Gasteiger partial charge >= 0.3 is 11.9 Å². The number of allylic oxidation sites excluding steroid dienone is 10. The van der Waals surface area contributed by atoms with Crippen LogP contribution in [0.5, 0.6) is 0 Å². The number of rotatable bonds is 37. The van der Waals surface area contributed by atoms with Gasteiger partial charge in [-0.3, -0.25) is 9.59 Å². The molecule has 8 heteroatoms. The summed E-state index contributed by atoms with van der Waals surface area (Å²) >= 11 is 0. The van der Waals surface area contributed by atoms with Crippen molar-refractivity contribution in [3.8, 4) is 0 Å². The topological polar surface area (TPSA) is 102 Å². The summed E-state index contributed by atoms with van der Waals surface area (Å²) in [5, 5.41) is 11.6. The van der Waals surface area contributed by atoms with Crippen LogP contribution in [0.4, 0.5) is 0 Å². The second-order valence-corrected chi connectivity index (χ2v) is 15.3. The Morgan fingerprint density at radius 3 is 1.67 bits per heavy atom. The number of carbonyl (C=O) groups is 3. The lowest BCUT2D eigenvalue weighted by molar-refractivity contribution is -0.889. The minimum atomic E-state index is -1.13. The van der Waals surface area contributed by atoms with Crippen LogP contribution in [-0.2, 0) is 28.6 Å². The van der Waals surface area contributed by atoms with Crippen molar-refractivity contribution in [3.63, 3.8) is 0 Å². The van der Waals surface area contributed by atoms with Crippen molar-refractivity contribution in [2.75, 3.05) is 41.0 Å². The number of likely N-dealkylation sites (N-methyl/N-ethyl adjacent to an activating group) is 1. The van der Waals surface area contributed by atoms with Crippen LogP contribution in [0.2, 0.25) is 0 Å². The van der Waals surface area contributed by atoms with Gasteiger partial charge in [0.05, 0.1) is 40.3 Å². The van der Waals surface area contributed by atoms with Gasteiger partial charge in [-0.15, -0.1) is 0 Å². The van der Waals surface area contributed by atoms with Gasteiger partial charge < -0.3 is 28.6 Å². The molecule has 0 heterocycles. The van der Waals surface area contributed by atoms with Gasteiger partial charge in [0.15, 0.2) is 6.10 Å². The number of esters is 2. The van der Waals surface area contributed by atoms with E-state index in [9.17, 15) is 19.5 Å². The number of ether oxygens (including phenoxy) is 3. The van der Waals surface area contributed by atoms with Crippen LogP contribution >= 0.6 is 0 Å². The number of hydrogen-bond donors (Lipinski definition) is 0. The molecule has 0 amide bonds. The third-order valence-electron chi connectivity index (χ3n) is 9.20. The van der Waals surface area contributed by atoms with Crippen LogP contribution in [0.15, 0.2) is 60.8 Å². The van der Waals surface area contributed by atoms with Gasteiger partial charge in [0, 0.05) is 19.3 Å². The first-order chi connectivity index (χ1) is 26.1. The van der Waals surface area contributed by atoms with Gasteiger partial charge in [0.25, 0.3) is 0 Å². The standard InChI is InChI=1S/C46H79NO7/c1-6-8-10-12-14-16-18-20-21-22-23-25-26-28-30-32-34-36-44(48)53-41-42(40-52-39-38-43(46(50)51)47(3,4)5)54-45(49)37-35-33-31-29-27-24-19-17-15-13-11-9-7-2/h9,11,13-17,19-21,42-43H,6-8,10,12,18,22-41H2,1-5H3/b11-9+,15-13+,16-14+,19-17+,21-20+. The van der Waals surface area contributed by atoms with Gasteiger partial charge in [-0.2, -0.15) is 0 Å².